The van der Waals surface area contributed by atoms with E-state index in [1.165, 1.54) is 0 Å². The van der Waals surface area contributed by atoms with Gasteiger partial charge in [-0.15, -0.1) is 0 Å². The van der Waals surface area contributed by atoms with E-state index in [9.17, 15) is 4.79 Å². The zero-order valence-electron chi connectivity index (χ0n) is 14.0. The van der Waals surface area contributed by atoms with Crippen molar-refractivity contribution in [2.45, 2.75) is 39.3 Å². The number of ether oxygens (including phenoxy) is 1. The van der Waals surface area contributed by atoms with Gasteiger partial charge >= 0.3 is 5.97 Å². The molecule has 0 fully saturated rings. The summed E-state index contributed by atoms with van der Waals surface area (Å²) in [5.74, 6) is 0.326. The number of carbonyl (C=O) groups excluding carboxylic acids is 1. The number of pyridine rings is 2. The Labute approximate surface area is 140 Å². The number of hydrogen-bond acceptors (Lipinski definition) is 5. The van der Waals surface area contributed by atoms with E-state index in [4.69, 9.17) is 9.15 Å². The van der Waals surface area contributed by atoms with Crippen LogP contribution in [0.2, 0.25) is 0 Å². The number of aromatic nitrogens is 3. The van der Waals surface area contributed by atoms with E-state index in [2.05, 4.69) is 9.97 Å². The van der Waals surface area contributed by atoms with Gasteiger partial charge in [0.25, 0.3) is 0 Å². The zero-order chi connectivity index (χ0) is 17.2. The minimum Gasteiger partial charge on any atom is -0.460 e. The Balaban J connectivity index is 1.66. The van der Waals surface area contributed by atoms with Crippen LogP contribution in [0.4, 0.5) is 0 Å². The van der Waals surface area contributed by atoms with Crippen LogP contribution in [0.1, 0.15) is 27.2 Å². The quantitative estimate of drug-likeness (QED) is 0.545. The van der Waals surface area contributed by atoms with Gasteiger partial charge in [-0.05, 0) is 32.9 Å². The van der Waals surface area contributed by atoms with Crippen LogP contribution in [0.5, 0.6) is 0 Å². The molecule has 0 radical (unpaired) electrons. The Bertz CT molecular complexity index is 815. The van der Waals surface area contributed by atoms with Crippen molar-refractivity contribution in [2.75, 3.05) is 0 Å². The molecule has 24 heavy (non-hydrogen) atoms. The van der Waals surface area contributed by atoms with Crippen LogP contribution in [-0.4, -0.2) is 21.5 Å². The van der Waals surface area contributed by atoms with Crippen molar-refractivity contribution in [1.29, 1.82) is 0 Å². The molecule has 3 aromatic heterocycles. The lowest BCUT2D eigenvalue weighted by Crippen LogP contribution is -2.35. The van der Waals surface area contributed by atoms with E-state index < -0.39 is 5.60 Å². The van der Waals surface area contributed by atoms with E-state index in [1.54, 1.807) is 6.20 Å². The first kappa shape index (κ1) is 16.1. The van der Waals surface area contributed by atoms with Gasteiger partial charge in [-0.3, -0.25) is 4.79 Å². The fourth-order valence-electron chi connectivity index (χ4n) is 2.26. The molecular weight excluding hydrogens is 306 g/mol. The molecule has 3 heterocycles. The summed E-state index contributed by atoms with van der Waals surface area (Å²) in [6.45, 7) is 6.15. The minimum absolute atomic E-state index is 0.205. The van der Waals surface area contributed by atoms with E-state index in [0.29, 0.717) is 24.6 Å². The lowest BCUT2D eigenvalue weighted by molar-refractivity contribution is -0.695. The smallest absolute Gasteiger partial charge is 0.312 e. The number of esters is 1. The highest BCUT2D eigenvalue weighted by atomic mass is 16.6. The molecule has 0 aliphatic rings. The summed E-state index contributed by atoms with van der Waals surface area (Å²) in [6.07, 6.45) is 5.78. The molecule has 0 atom stereocenters. The normalized spacial score (nSPS) is 11.6. The van der Waals surface area contributed by atoms with E-state index in [1.807, 2.05) is 62.0 Å². The molecule has 3 aromatic rings. The second-order valence-electron chi connectivity index (χ2n) is 6.51. The molecule has 0 aromatic carbocycles. The fraction of sp³-hybridized carbons (Fsp3) is 0.333. The van der Waals surface area contributed by atoms with Gasteiger partial charge in [0.1, 0.15) is 17.5 Å². The summed E-state index contributed by atoms with van der Waals surface area (Å²) in [7, 11) is 0. The molecule has 0 bridgehead atoms. The van der Waals surface area contributed by atoms with Crippen LogP contribution in [0, 0.1) is 0 Å². The van der Waals surface area contributed by atoms with Crippen molar-refractivity contribution in [1.82, 2.24) is 9.97 Å². The largest absolute Gasteiger partial charge is 0.460 e. The van der Waals surface area contributed by atoms with Gasteiger partial charge in [-0.1, -0.05) is 0 Å². The van der Waals surface area contributed by atoms with Crippen molar-refractivity contribution in [3.8, 4) is 11.5 Å². The van der Waals surface area contributed by atoms with E-state index >= 15 is 0 Å². The molecule has 0 N–H and O–H groups in total. The molecule has 124 valence electrons. The maximum Gasteiger partial charge on any atom is 0.312 e. The average molecular weight is 326 g/mol. The van der Waals surface area contributed by atoms with Gasteiger partial charge in [0, 0.05) is 23.9 Å². The van der Waals surface area contributed by atoms with Gasteiger partial charge in [0.15, 0.2) is 18.9 Å². The molecule has 0 saturated carbocycles. The van der Waals surface area contributed by atoms with E-state index in [0.717, 1.165) is 11.1 Å². The summed E-state index contributed by atoms with van der Waals surface area (Å²) < 4.78 is 12.9. The molecule has 3 rings (SSSR count). The maximum atomic E-state index is 11.8. The first-order chi connectivity index (χ1) is 11.4. The molecule has 6 nitrogen and oxygen atoms in total. The summed E-state index contributed by atoms with van der Waals surface area (Å²) in [5.41, 5.74) is 1.66. The summed E-state index contributed by atoms with van der Waals surface area (Å²) >= 11 is 0. The monoisotopic (exact) mass is 326 g/mol. The number of oxazole rings is 1. The lowest BCUT2D eigenvalue weighted by Gasteiger charge is -2.18. The van der Waals surface area contributed by atoms with Crippen molar-refractivity contribution in [3.05, 3.63) is 42.9 Å². The zero-order valence-corrected chi connectivity index (χ0v) is 14.0. The third-order valence-electron chi connectivity index (χ3n) is 3.30. The Morgan fingerprint density at radius 3 is 2.67 bits per heavy atom. The highest BCUT2D eigenvalue weighted by Crippen LogP contribution is 2.21. The molecule has 0 aliphatic carbocycles. The molecular formula is C18H20N3O3+. The van der Waals surface area contributed by atoms with Gasteiger partial charge < -0.3 is 9.15 Å². The average Bonchev–Trinajstić information content (AvgIpc) is 2.96. The number of nitrogens with zero attached hydrogens (tertiary/aromatic N) is 3. The topological polar surface area (TPSA) is 69.1 Å². The molecule has 0 unspecified atom stereocenters. The van der Waals surface area contributed by atoms with Crippen LogP contribution < -0.4 is 4.57 Å². The van der Waals surface area contributed by atoms with Crippen molar-refractivity contribution >= 4 is 17.2 Å². The van der Waals surface area contributed by atoms with E-state index in [-0.39, 0.29) is 5.97 Å². The number of hydrogen-bond donors (Lipinski definition) is 0. The summed E-state index contributed by atoms with van der Waals surface area (Å²) in [5, 5.41) is 0. The number of fused-ring (bicyclic) bond motifs is 1. The first-order valence-electron chi connectivity index (χ1n) is 7.84. The third-order valence-corrected chi connectivity index (χ3v) is 3.30. The Morgan fingerprint density at radius 2 is 2.00 bits per heavy atom. The van der Waals surface area contributed by atoms with Crippen LogP contribution >= 0.6 is 0 Å². The molecule has 0 aliphatic heterocycles. The highest BCUT2D eigenvalue weighted by Gasteiger charge is 2.17. The predicted molar refractivity (Wildman–Crippen MR) is 87.9 cm³/mol. The minimum atomic E-state index is -0.452. The number of rotatable bonds is 4. The standard InChI is InChI=1S/C18H20N3O3/c1-18(2,3)24-15(22)8-12-21-10-6-13(7-11-21)16-20-14-5-4-9-19-17(14)23-16/h4-7,9-11H,8,12H2,1-3H3/q+1. The Kier molecular flexibility index (Phi) is 4.29. The van der Waals surface area contributed by atoms with Gasteiger partial charge in [0.05, 0.1) is 0 Å². The third kappa shape index (κ3) is 3.95. The Hall–Kier alpha value is -2.76. The highest BCUT2D eigenvalue weighted by molar-refractivity contribution is 5.72. The molecule has 0 saturated heterocycles. The van der Waals surface area contributed by atoms with Crippen LogP contribution in [0.3, 0.4) is 0 Å². The second kappa shape index (κ2) is 6.39. The van der Waals surface area contributed by atoms with Gasteiger partial charge in [0.2, 0.25) is 11.6 Å². The lowest BCUT2D eigenvalue weighted by atomic mass is 10.2. The van der Waals surface area contributed by atoms with Crippen molar-refractivity contribution < 1.29 is 18.5 Å². The fourth-order valence-corrected chi connectivity index (χ4v) is 2.26. The van der Waals surface area contributed by atoms with Gasteiger partial charge in [-0.2, -0.15) is 0 Å². The molecule has 0 spiro atoms. The van der Waals surface area contributed by atoms with Crippen molar-refractivity contribution in [2.24, 2.45) is 0 Å². The van der Waals surface area contributed by atoms with Crippen molar-refractivity contribution in [3.63, 3.8) is 0 Å². The molecule has 6 heteroatoms. The predicted octanol–water partition coefficient (Wildman–Crippen LogP) is 2.91. The van der Waals surface area contributed by atoms with Crippen LogP contribution in [0.25, 0.3) is 22.7 Å². The summed E-state index contributed by atoms with van der Waals surface area (Å²) in [6, 6.07) is 7.49. The van der Waals surface area contributed by atoms with Crippen LogP contribution in [-0.2, 0) is 16.1 Å². The van der Waals surface area contributed by atoms with Gasteiger partial charge in [-0.25, -0.2) is 14.5 Å². The maximum absolute atomic E-state index is 11.8. The van der Waals surface area contributed by atoms with Crippen LogP contribution in [0.15, 0.2) is 47.3 Å². The summed E-state index contributed by atoms with van der Waals surface area (Å²) in [4.78, 5) is 20.3. The Morgan fingerprint density at radius 1 is 1.25 bits per heavy atom. The number of aryl methyl sites for hydroxylation is 1. The number of carbonyl (C=O) groups is 1. The first-order valence-corrected chi connectivity index (χ1v) is 7.84. The molecule has 0 amide bonds. The second-order valence-corrected chi connectivity index (χ2v) is 6.51. The SMILES string of the molecule is CC(C)(C)OC(=O)CC[n+]1ccc(-c2nc3cccnc3o2)cc1.